The molecule has 1 fully saturated rings. The summed E-state index contributed by atoms with van der Waals surface area (Å²) in [6.07, 6.45) is 5.67. The van der Waals surface area contributed by atoms with E-state index in [4.69, 9.17) is 5.11 Å². The molecule has 1 unspecified atom stereocenters. The van der Waals surface area contributed by atoms with E-state index in [-0.39, 0.29) is 5.92 Å². The molecular weight excluding hydrogens is 194 g/mol. The van der Waals surface area contributed by atoms with Gasteiger partial charge >= 0.3 is 5.97 Å². The average Bonchev–Trinajstić information content (AvgIpc) is 2.26. The Kier molecular flexibility index (Phi) is 4.59. The average molecular weight is 213 g/mol. The minimum atomic E-state index is -0.915. The van der Waals surface area contributed by atoms with Crippen LogP contribution in [0.4, 0.5) is 0 Å². The molecule has 0 saturated heterocycles. The molecule has 0 aromatic rings. The molecule has 0 aromatic carbocycles. The molecule has 4 heteroatoms. The second-order valence-electron chi connectivity index (χ2n) is 4.29. The molecule has 0 spiro atoms. The Morgan fingerprint density at radius 2 is 2.07 bits per heavy atom. The van der Waals surface area contributed by atoms with Crippen LogP contribution >= 0.6 is 0 Å². The zero-order valence-corrected chi connectivity index (χ0v) is 9.11. The van der Waals surface area contributed by atoms with Crippen LogP contribution in [0.2, 0.25) is 0 Å². The van der Waals surface area contributed by atoms with Crippen molar-refractivity contribution in [2.45, 2.75) is 45.1 Å². The van der Waals surface area contributed by atoms with E-state index in [1.54, 1.807) is 0 Å². The molecule has 86 valence electrons. The maximum absolute atomic E-state index is 10.9. The molecule has 15 heavy (non-hydrogen) atoms. The first kappa shape index (κ1) is 12.0. The highest BCUT2D eigenvalue weighted by Crippen LogP contribution is 2.32. The second-order valence-corrected chi connectivity index (χ2v) is 4.29. The number of carboxylic acids is 1. The molecule has 0 aromatic heterocycles. The molecule has 1 atom stereocenters. The predicted molar refractivity (Wildman–Crippen MR) is 56.4 cm³/mol. The summed E-state index contributed by atoms with van der Waals surface area (Å²) in [6.45, 7) is 2.17. The summed E-state index contributed by atoms with van der Waals surface area (Å²) in [5.74, 6) is -0.0653. The molecule has 2 N–H and O–H groups in total. The summed E-state index contributed by atoms with van der Waals surface area (Å²) in [6, 6.07) is -0.694. The van der Waals surface area contributed by atoms with Crippen molar-refractivity contribution in [3.05, 3.63) is 0 Å². The molecule has 1 amide bonds. The van der Waals surface area contributed by atoms with Crippen molar-refractivity contribution in [2.75, 3.05) is 0 Å². The minimum Gasteiger partial charge on any atom is -0.480 e. The fourth-order valence-corrected chi connectivity index (χ4v) is 2.41. The van der Waals surface area contributed by atoms with Gasteiger partial charge in [-0.05, 0) is 24.7 Å². The Bertz CT molecular complexity index is 222. The van der Waals surface area contributed by atoms with Crippen LogP contribution in [0.5, 0.6) is 0 Å². The van der Waals surface area contributed by atoms with Gasteiger partial charge in [-0.1, -0.05) is 26.2 Å². The Morgan fingerprint density at radius 1 is 1.47 bits per heavy atom. The van der Waals surface area contributed by atoms with Crippen LogP contribution in [0.15, 0.2) is 0 Å². The van der Waals surface area contributed by atoms with Crippen LogP contribution in [0, 0.1) is 11.8 Å². The van der Waals surface area contributed by atoms with Gasteiger partial charge in [0.25, 0.3) is 0 Å². The summed E-state index contributed by atoms with van der Waals surface area (Å²) in [4.78, 5) is 21.2. The molecule has 0 heterocycles. The fourth-order valence-electron chi connectivity index (χ4n) is 2.41. The first-order chi connectivity index (χ1) is 7.19. The van der Waals surface area contributed by atoms with Gasteiger partial charge in [-0.3, -0.25) is 4.79 Å². The number of aliphatic carboxylic acids is 1. The lowest BCUT2D eigenvalue weighted by molar-refractivity contribution is -0.142. The Hall–Kier alpha value is -1.06. The highest BCUT2D eigenvalue weighted by atomic mass is 16.4. The molecule has 0 aliphatic heterocycles. The molecule has 1 rings (SSSR count). The van der Waals surface area contributed by atoms with Crippen LogP contribution in [0.25, 0.3) is 0 Å². The van der Waals surface area contributed by atoms with Crippen molar-refractivity contribution < 1.29 is 14.7 Å². The first-order valence-corrected chi connectivity index (χ1v) is 5.61. The summed E-state index contributed by atoms with van der Waals surface area (Å²) in [7, 11) is 0. The third kappa shape index (κ3) is 3.22. The molecular formula is C11H19NO3. The number of rotatable bonds is 5. The highest BCUT2D eigenvalue weighted by Gasteiger charge is 2.31. The van der Waals surface area contributed by atoms with Gasteiger partial charge in [0.1, 0.15) is 6.04 Å². The number of carboxylic acid groups (broad SMARTS) is 1. The van der Waals surface area contributed by atoms with Gasteiger partial charge in [0, 0.05) is 0 Å². The number of amides is 1. The number of carbonyl (C=O) groups excluding carboxylic acids is 1. The molecule has 0 radical (unpaired) electrons. The van der Waals surface area contributed by atoms with Crippen molar-refractivity contribution >= 4 is 12.4 Å². The topological polar surface area (TPSA) is 66.4 Å². The summed E-state index contributed by atoms with van der Waals surface area (Å²) >= 11 is 0. The largest absolute Gasteiger partial charge is 0.480 e. The summed E-state index contributed by atoms with van der Waals surface area (Å²) in [5, 5.41) is 11.4. The maximum Gasteiger partial charge on any atom is 0.326 e. The van der Waals surface area contributed by atoms with Gasteiger partial charge in [-0.2, -0.15) is 0 Å². The van der Waals surface area contributed by atoms with Crippen LogP contribution in [-0.4, -0.2) is 23.5 Å². The van der Waals surface area contributed by atoms with Gasteiger partial charge in [0.05, 0.1) is 0 Å². The Morgan fingerprint density at radius 3 is 2.47 bits per heavy atom. The minimum absolute atomic E-state index is 0.107. The molecule has 4 nitrogen and oxygen atoms in total. The SMILES string of the molecule is CCC1CCC(C(NC=O)C(=O)O)CC1. The third-order valence-electron chi connectivity index (χ3n) is 3.45. The van der Waals surface area contributed by atoms with E-state index in [2.05, 4.69) is 12.2 Å². The van der Waals surface area contributed by atoms with Crippen LogP contribution in [-0.2, 0) is 9.59 Å². The van der Waals surface area contributed by atoms with Crippen molar-refractivity contribution in [3.63, 3.8) is 0 Å². The van der Waals surface area contributed by atoms with E-state index in [0.717, 1.165) is 31.6 Å². The number of nitrogens with one attached hydrogen (secondary N) is 1. The fraction of sp³-hybridized carbons (Fsp3) is 0.818. The maximum atomic E-state index is 10.9. The lowest BCUT2D eigenvalue weighted by Crippen LogP contribution is -2.43. The van der Waals surface area contributed by atoms with Crippen LogP contribution < -0.4 is 5.32 Å². The highest BCUT2D eigenvalue weighted by molar-refractivity contribution is 5.76. The van der Waals surface area contributed by atoms with Crippen molar-refractivity contribution in [1.29, 1.82) is 0 Å². The van der Waals surface area contributed by atoms with Crippen molar-refractivity contribution in [3.8, 4) is 0 Å². The third-order valence-corrected chi connectivity index (χ3v) is 3.45. The summed E-state index contributed by atoms with van der Waals surface area (Å²) < 4.78 is 0. The van der Waals surface area contributed by atoms with Crippen LogP contribution in [0.1, 0.15) is 39.0 Å². The Balaban J connectivity index is 2.48. The number of carbonyl (C=O) groups is 2. The van der Waals surface area contributed by atoms with E-state index in [1.165, 1.54) is 6.42 Å². The smallest absolute Gasteiger partial charge is 0.326 e. The van der Waals surface area contributed by atoms with Crippen molar-refractivity contribution in [1.82, 2.24) is 5.32 Å². The van der Waals surface area contributed by atoms with E-state index >= 15 is 0 Å². The zero-order valence-electron chi connectivity index (χ0n) is 9.11. The lowest BCUT2D eigenvalue weighted by atomic mass is 9.77. The number of hydrogen-bond donors (Lipinski definition) is 2. The quantitative estimate of drug-likeness (QED) is 0.678. The van der Waals surface area contributed by atoms with E-state index in [1.807, 2.05) is 0 Å². The van der Waals surface area contributed by atoms with Gasteiger partial charge in [0.15, 0.2) is 0 Å². The molecule has 1 aliphatic rings. The predicted octanol–water partition coefficient (Wildman–Crippen LogP) is 1.40. The van der Waals surface area contributed by atoms with E-state index in [0.29, 0.717) is 6.41 Å². The second kappa shape index (κ2) is 5.73. The molecule has 0 bridgehead atoms. The number of hydrogen-bond acceptors (Lipinski definition) is 2. The normalized spacial score (nSPS) is 28.1. The lowest BCUT2D eigenvalue weighted by Gasteiger charge is -2.31. The zero-order chi connectivity index (χ0) is 11.3. The van der Waals surface area contributed by atoms with Crippen molar-refractivity contribution in [2.24, 2.45) is 11.8 Å². The summed E-state index contributed by atoms with van der Waals surface area (Å²) in [5.41, 5.74) is 0. The van der Waals surface area contributed by atoms with Gasteiger partial charge in [-0.25, -0.2) is 4.79 Å². The molecule has 1 aliphatic carbocycles. The van der Waals surface area contributed by atoms with Gasteiger partial charge < -0.3 is 10.4 Å². The monoisotopic (exact) mass is 213 g/mol. The first-order valence-electron chi connectivity index (χ1n) is 5.61. The van der Waals surface area contributed by atoms with Crippen LogP contribution in [0.3, 0.4) is 0 Å². The molecule has 1 saturated carbocycles. The van der Waals surface area contributed by atoms with Gasteiger partial charge in [0.2, 0.25) is 6.41 Å². The standard InChI is InChI=1S/C11H19NO3/c1-2-8-3-5-9(6-4-8)10(11(14)15)12-7-13/h7-10H,2-6H2,1H3,(H,12,13)(H,14,15). The Labute approximate surface area is 90.0 Å². The van der Waals surface area contributed by atoms with E-state index in [9.17, 15) is 9.59 Å². The van der Waals surface area contributed by atoms with Gasteiger partial charge in [-0.15, -0.1) is 0 Å². The van der Waals surface area contributed by atoms with E-state index < -0.39 is 12.0 Å².